The van der Waals surface area contributed by atoms with Crippen molar-refractivity contribution in [1.82, 2.24) is 5.43 Å². The second-order valence-corrected chi connectivity index (χ2v) is 9.30. The highest BCUT2D eigenvalue weighted by Crippen LogP contribution is 2.29. The van der Waals surface area contributed by atoms with E-state index in [9.17, 15) is 9.59 Å². The molecule has 0 heterocycles. The van der Waals surface area contributed by atoms with Gasteiger partial charge in [0, 0.05) is 0 Å². The molecule has 0 radical (unpaired) electrons. The predicted molar refractivity (Wildman–Crippen MR) is 151 cm³/mol. The minimum Gasteiger partial charge on any atom is -0.494 e. The number of benzene rings is 3. The van der Waals surface area contributed by atoms with E-state index in [2.05, 4.69) is 31.3 Å². The van der Waals surface area contributed by atoms with Crippen LogP contribution < -0.4 is 24.4 Å². The lowest BCUT2D eigenvalue weighted by Gasteiger charge is -2.14. The number of carbonyl (C=O) groups excluding carboxylic acids is 2. The molecular formula is C31H36N2O6. The number of nitrogens with one attached hydrogen (secondary N) is 1. The molecule has 3 aromatic rings. The van der Waals surface area contributed by atoms with Crippen LogP contribution in [0.25, 0.3) is 0 Å². The number of carbonyl (C=O) groups is 2. The van der Waals surface area contributed by atoms with Crippen LogP contribution in [0, 0.1) is 6.92 Å². The molecule has 0 spiro atoms. The maximum absolute atomic E-state index is 12.6. The smallest absolute Gasteiger partial charge is 0.343 e. The third-order valence-electron chi connectivity index (χ3n) is 5.80. The fourth-order valence-electron chi connectivity index (χ4n) is 3.63. The molecule has 39 heavy (non-hydrogen) atoms. The Morgan fingerprint density at radius 2 is 1.72 bits per heavy atom. The first-order chi connectivity index (χ1) is 18.8. The molecule has 8 nitrogen and oxygen atoms in total. The quantitative estimate of drug-likeness (QED) is 0.0946. The van der Waals surface area contributed by atoms with E-state index in [4.69, 9.17) is 18.9 Å². The standard InChI is InChI=1S/C31H36N2O6/c1-6-7-16-37-25-12-10-24(11-13-25)31(35)39-27-15-9-23(18-29(27)36-5)19-32-33-30(34)20-38-28-17-22(4)8-14-26(28)21(2)3/h8-15,17-19,21H,6-7,16,20H2,1-5H3,(H,33,34)/b32-19+. The summed E-state index contributed by atoms with van der Waals surface area (Å²) in [6.07, 6.45) is 3.49. The molecule has 0 saturated heterocycles. The van der Waals surface area contributed by atoms with Crippen molar-refractivity contribution in [3.63, 3.8) is 0 Å². The Kier molecular flexibility index (Phi) is 10.9. The summed E-state index contributed by atoms with van der Waals surface area (Å²) in [7, 11) is 1.48. The van der Waals surface area contributed by atoms with Crippen LogP contribution in [0.3, 0.4) is 0 Å². The maximum atomic E-state index is 12.6. The molecule has 1 amide bonds. The molecular weight excluding hydrogens is 496 g/mol. The number of hydrogen-bond acceptors (Lipinski definition) is 7. The highest BCUT2D eigenvalue weighted by atomic mass is 16.6. The van der Waals surface area contributed by atoms with Gasteiger partial charge in [-0.1, -0.05) is 39.3 Å². The summed E-state index contributed by atoms with van der Waals surface area (Å²) in [4.78, 5) is 24.9. The Hall–Kier alpha value is -4.33. The van der Waals surface area contributed by atoms with Gasteiger partial charge < -0.3 is 18.9 Å². The zero-order valence-electron chi connectivity index (χ0n) is 23.2. The van der Waals surface area contributed by atoms with Gasteiger partial charge in [-0.05, 0) is 84.5 Å². The van der Waals surface area contributed by atoms with E-state index < -0.39 is 5.97 Å². The molecule has 0 aliphatic heterocycles. The normalized spacial score (nSPS) is 10.9. The molecule has 3 rings (SSSR count). The Morgan fingerprint density at radius 1 is 0.949 bits per heavy atom. The lowest BCUT2D eigenvalue weighted by molar-refractivity contribution is -0.123. The Labute approximate surface area is 229 Å². The van der Waals surface area contributed by atoms with Crippen molar-refractivity contribution in [2.75, 3.05) is 20.3 Å². The number of unbranched alkanes of at least 4 members (excludes halogenated alkanes) is 1. The summed E-state index contributed by atoms with van der Waals surface area (Å²) >= 11 is 0. The van der Waals surface area contributed by atoms with Crippen LogP contribution in [0.2, 0.25) is 0 Å². The first-order valence-electron chi connectivity index (χ1n) is 13.0. The van der Waals surface area contributed by atoms with Gasteiger partial charge in [0.1, 0.15) is 11.5 Å². The minimum absolute atomic E-state index is 0.162. The summed E-state index contributed by atoms with van der Waals surface area (Å²) in [6.45, 7) is 8.69. The van der Waals surface area contributed by atoms with Gasteiger partial charge in [-0.25, -0.2) is 10.2 Å². The van der Waals surface area contributed by atoms with Crippen LogP contribution in [0.1, 0.15) is 66.6 Å². The van der Waals surface area contributed by atoms with Crippen molar-refractivity contribution >= 4 is 18.1 Å². The molecule has 206 valence electrons. The van der Waals surface area contributed by atoms with Gasteiger partial charge >= 0.3 is 5.97 Å². The average molecular weight is 533 g/mol. The van der Waals surface area contributed by atoms with E-state index in [0.717, 1.165) is 24.0 Å². The van der Waals surface area contributed by atoms with Gasteiger partial charge in [0.15, 0.2) is 18.1 Å². The van der Waals surface area contributed by atoms with Gasteiger partial charge in [0.25, 0.3) is 5.91 Å². The summed E-state index contributed by atoms with van der Waals surface area (Å²) in [5, 5.41) is 4.00. The molecule has 0 unspecified atom stereocenters. The third kappa shape index (κ3) is 8.88. The largest absolute Gasteiger partial charge is 0.494 e. The molecule has 0 saturated carbocycles. The second kappa shape index (κ2) is 14.6. The van der Waals surface area contributed by atoms with Crippen molar-refractivity contribution in [2.24, 2.45) is 5.10 Å². The van der Waals surface area contributed by atoms with E-state index in [1.165, 1.54) is 13.3 Å². The SMILES string of the molecule is CCCCOc1ccc(C(=O)Oc2ccc(/C=N/NC(=O)COc3cc(C)ccc3C(C)C)cc2OC)cc1. The number of hydrazone groups is 1. The first kappa shape index (κ1) is 29.2. The monoisotopic (exact) mass is 532 g/mol. The van der Waals surface area contributed by atoms with E-state index in [1.54, 1.807) is 42.5 Å². The van der Waals surface area contributed by atoms with Crippen molar-refractivity contribution in [3.8, 4) is 23.0 Å². The van der Waals surface area contributed by atoms with Gasteiger partial charge in [-0.2, -0.15) is 5.10 Å². The lowest BCUT2D eigenvalue weighted by Crippen LogP contribution is -2.25. The van der Waals surface area contributed by atoms with Crippen molar-refractivity contribution < 1.29 is 28.5 Å². The lowest BCUT2D eigenvalue weighted by atomic mass is 10.0. The zero-order valence-corrected chi connectivity index (χ0v) is 23.2. The van der Waals surface area contributed by atoms with Crippen LogP contribution in [0.4, 0.5) is 0 Å². The number of amides is 1. The Morgan fingerprint density at radius 3 is 2.41 bits per heavy atom. The number of aryl methyl sites for hydroxylation is 1. The highest BCUT2D eigenvalue weighted by Gasteiger charge is 2.14. The van der Waals surface area contributed by atoms with E-state index >= 15 is 0 Å². The van der Waals surface area contributed by atoms with Crippen molar-refractivity contribution in [1.29, 1.82) is 0 Å². The maximum Gasteiger partial charge on any atom is 0.343 e. The van der Waals surface area contributed by atoms with Crippen LogP contribution >= 0.6 is 0 Å². The minimum atomic E-state index is -0.517. The van der Waals surface area contributed by atoms with Gasteiger partial charge in [-0.15, -0.1) is 0 Å². The van der Waals surface area contributed by atoms with E-state index in [0.29, 0.717) is 35.0 Å². The predicted octanol–water partition coefficient (Wildman–Crippen LogP) is 6.05. The molecule has 0 aliphatic carbocycles. The number of esters is 1. The highest BCUT2D eigenvalue weighted by molar-refractivity contribution is 5.92. The summed E-state index contributed by atoms with van der Waals surface area (Å²) < 4.78 is 22.3. The fourth-order valence-corrected chi connectivity index (χ4v) is 3.63. The number of ether oxygens (including phenoxy) is 4. The molecule has 0 atom stereocenters. The van der Waals surface area contributed by atoms with Crippen LogP contribution in [-0.2, 0) is 4.79 Å². The van der Waals surface area contributed by atoms with Crippen molar-refractivity contribution in [3.05, 3.63) is 82.9 Å². The van der Waals surface area contributed by atoms with Crippen molar-refractivity contribution in [2.45, 2.75) is 46.5 Å². The second-order valence-electron chi connectivity index (χ2n) is 9.30. The van der Waals surface area contributed by atoms with Gasteiger partial charge in [-0.3, -0.25) is 4.79 Å². The fraction of sp³-hybridized carbons (Fsp3) is 0.323. The van der Waals surface area contributed by atoms with Gasteiger partial charge in [0.2, 0.25) is 0 Å². The number of rotatable bonds is 13. The Balaban J connectivity index is 1.55. The molecule has 0 aliphatic rings. The van der Waals surface area contributed by atoms with Crippen LogP contribution in [-0.4, -0.2) is 38.4 Å². The van der Waals surface area contributed by atoms with Gasteiger partial charge in [0.05, 0.1) is 25.5 Å². The topological polar surface area (TPSA) is 95.5 Å². The summed E-state index contributed by atoms with van der Waals surface area (Å²) in [5.74, 6) is 1.37. The first-order valence-corrected chi connectivity index (χ1v) is 13.0. The zero-order chi connectivity index (χ0) is 28.2. The summed E-state index contributed by atoms with van der Waals surface area (Å²) in [5.41, 5.74) is 5.59. The average Bonchev–Trinajstić information content (AvgIpc) is 2.93. The van der Waals surface area contributed by atoms with Crippen LogP contribution in [0.15, 0.2) is 65.8 Å². The van der Waals surface area contributed by atoms with E-state index in [-0.39, 0.29) is 24.2 Å². The Bertz CT molecular complexity index is 1280. The van der Waals surface area contributed by atoms with E-state index in [1.807, 2.05) is 25.1 Å². The molecule has 0 aromatic heterocycles. The number of methoxy groups -OCH3 is 1. The number of nitrogens with zero attached hydrogens (tertiary/aromatic N) is 1. The molecule has 8 heteroatoms. The molecule has 3 aromatic carbocycles. The molecule has 0 bridgehead atoms. The summed E-state index contributed by atoms with van der Waals surface area (Å²) in [6, 6.07) is 17.7. The molecule has 1 N–H and O–H groups in total. The van der Waals surface area contributed by atoms with Crippen LogP contribution in [0.5, 0.6) is 23.0 Å². The number of hydrogen-bond donors (Lipinski definition) is 1. The molecule has 0 fully saturated rings. The third-order valence-corrected chi connectivity index (χ3v) is 5.80.